The van der Waals surface area contributed by atoms with Crippen molar-refractivity contribution in [2.75, 3.05) is 19.4 Å². The minimum absolute atomic E-state index is 0.0337. The molecule has 200 valence electrons. The minimum atomic E-state index is -0.0556. The Kier molecular flexibility index (Phi) is 19.1. The summed E-state index contributed by atoms with van der Waals surface area (Å²) >= 11 is 0. The van der Waals surface area contributed by atoms with Crippen LogP contribution in [0.15, 0.2) is 24.3 Å². The zero-order valence-electron chi connectivity index (χ0n) is 23.2. The molecule has 4 heteroatoms. The number of hydrogen-bond acceptors (Lipinski definition) is 2. The third kappa shape index (κ3) is 17.3. The fraction of sp³-hybridized carbons (Fsp3) is 0.742. The maximum atomic E-state index is 12.2. The standard InChI is InChI=1S/C31H54N2O2/c1-4-5-6-7-8-9-10-11-12-13-14-15-16-17-18-19-20-21-22-26-30(34)32-29-25-23-24-28(27-29)31(35)33(2)3/h23-25,27H,4-22,26H2,1-3H3,(H,32,34). The Labute approximate surface area is 216 Å². The fourth-order valence-corrected chi connectivity index (χ4v) is 4.58. The van der Waals surface area contributed by atoms with Gasteiger partial charge in [-0.05, 0) is 24.6 Å². The smallest absolute Gasteiger partial charge is 0.253 e. The molecule has 0 aliphatic carbocycles. The summed E-state index contributed by atoms with van der Waals surface area (Å²) in [7, 11) is 3.46. The van der Waals surface area contributed by atoms with E-state index in [1.54, 1.807) is 31.1 Å². The van der Waals surface area contributed by atoms with Crippen molar-refractivity contribution in [2.24, 2.45) is 0 Å². The van der Waals surface area contributed by atoms with Gasteiger partial charge < -0.3 is 10.2 Å². The lowest BCUT2D eigenvalue weighted by Crippen LogP contribution is -2.21. The van der Waals surface area contributed by atoms with Gasteiger partial charge in [-0.25, -0.2) is 0 Å². The summed E-state index contributed by atoms with van der Waals surface area (Å²) in [5.41, 5.74) is 1.29. The van der Waals surface area contributed by atoms with Gasteiger partial charge in [0.05, 0.1) is 0 Å². The summed E-state index contributed by atoms with van der Waals surface area (Å²) in [6.07, 6.45) is 26.3. The number of nitrogens with one attached hydrogen (secondary N) is 1. The number of amides is 2. The SMILES string of the molecule is CCCCCCCCCCCCCCCCCCCCCC(=O)Nc1cccc(C(=O)N(C)C)c1. The lowest BCUT2D eigenvalue weighted by molar-refractivity contribution is -0.116. The van der Waals surface area contributed by atoms with Crippen LogP contribution in [0.2, 0.25) is 0 Å². The normalized spacial score (nSPS) is 10.9. The van der Waals surface area contributed by atoms with Gasteiger partial charge in [0, 0.05) is 31.8 Å². The van der Waals surface area contributed by atoms with Crippen LogP contribution in [0, 0.1) is 0 Å². The molecule has 1 N–H and O–H groups in total. The summed E-state index contributed by atoms with van der Waals surface area (Å²) in [6, 6.07) is 7.16. The van der Waals surface area contributed by atoms with E-state index >= 15 is 0 Å². The molecule has 1 rings (SSSR count). The molecule has 0 fully saturated rings. The Bertz CT molecular complexity index is 672. The van der Waals surface area contributed by atoms with Crippen LogP contribution in [-0.2, 0) is 4.79 Å². The van der Waals surface area contributed by atoms with Gasteiger partial charge in [-0.15, -0.1) is 0 Å². The molecule has 0 aromatic heterocycles. The maximum absolute atomic E-state index is 12.2. The molecule has 0 aliphatic rings. The topological polar surface area (TPSA) is 49.4 Å². The van der Waals surface area contributed by atoms with Gasteiger partial charge in [0.2, 0.25) is 5.91 Å². The Morgan fingerprint density at radius 3 is 1.51 bits per heavy atom. The van der Waals surface area contributed by atoms with Gasteiger partial charge in [0.15, 0.2) is 0 Å². The van der Waals surface area contributed by atoms with Crippen molar-refractivity contribution < 1.29 is 9.59 Å². The first-order chi connectivity index (χ1) is 17.0. The van der Waals surface area contributed by atoms with Crippen molar-refractivity contribution in [1.29, 1.82) is 0 Å². The molecule has 1 aromatic carbocycles. The number of unbranched alkanes of at least 4 members (excludes halogenated alkanes) is 18. The third-order valence-corrected chi connectivity index (χ3v) is 6.81. The van der Waals surface area contributed by atoms with Crippen LogP contribution in [0.4, 0.5) is 5.69 Å². The van der Waals surface area contributed by atoms with Crippen molar-refractivity contribution in [3.8, 4) is 0 Å². The summed E-state index contributed by atoms with van der Waals surface area (Å²) < 4.78 is 0. The van der Waals surface area contributed by atoms with Crippen LogP contribution in [0.1, 0.15) is 146 Å². The van der Waals surface area contributed by atoms with Crippen LogP contribution in [0.25, 0.3) is 0 Å². The van der Waals surface area contributed by atoms with E-state index in [4.69, 9.17) is 0 Å². The summed E-state index contributed by atoms with van der Waals surface area (Å²) in [4.78, 5) is 25.8. The highest BCUT2D eigenvalue weighted by atomic mass is 16.2. The van der Waals surface area contributed by atoms with Crippen LogP contribution in [-0.4, -0.2) is 30.8 Å². The van der Waals surface area contributed by atoms with Crippen molar-refractivity contribution in [1.82, 2.24) is 4.90 Å². The molecule has 0 heterocycles. The highest BCUT2D eigenvalue weighted by molar-refractivity contribution is 5.96. The number of anilines is 1. The second kappa shape index (κ2) is 21.4. The number of carbonyl (C=O) groups is 2. The van der Waals surface area contributed by atoms with E-state index in [1.807, 2.05) is 12.1 Å². The summed E-state index contributed by atoms with van der Waals surface area (Å²) in [5.74, 6) is -0.0219. The van der Waals surface area contributed by atoms with E-state index < -0.39 is 0 Å². The van der Waals surface area contributed by atoms with Gasteiger partial charge in [-0.3, -0.25) is 9.59 Å². The molecule has 0 saturated heterocycles. The van der Waals surface area contributed by atoms with Crippen LogP contribution in [0.3, 0.4) is 0 Å². The highest BCUT2D eigenvalue weighted by Gasteiger charge is 2.09. The van der Waals surface area contributed by atoms with Crippen molar-refractivity contribution in [3.63, 3.8) is 0 Å². The Morgan fingerprint density at radius 2 is 1.09 bits per heavy atom. The second-order valence-electron chi connectivity index (χ2n) is 10.4. The molecule has 0 unspecified atom stereocenters. The van der Waals surface area contributed by atoms with Crippen LogP contribution >= 0.6 is 0 Å². The van der Waals surface area contributed by atoms with Crippen LogP contribution < -0.4 is 5.32 Å². The number of benzene rings is 1. The van der Waals surface area contributed by atoms with E-state index in [1.165, 1.54) is 109 Å². The molecule has 0 bridgehead atoms. The predicted molar refractivity (Wildman–Crippen MR) is 151 cm³/mol. The van der Waals surface area contributed by atoms with Gasteiger partial charge >= 0.3 is 0 Å². The van der Waals surface area contributed by atoms with Crippen molar-refractivity contribution >= 4 is 17.5 Å². The summed E-state index contributed by atoms with van der Waals surface area (Å²) in [5, 5.41) is 2.93. The van der Waals surface area contributed by atoms with Crippen LogP contribution in [0.5, 0.6) is 0 Å². The monoisotopic (exact) mass is 486 g/mol. The molecule has 0 spiro atoms. The van der Waals surface area contributed by atoms with E-state index in [9.17, 15) is 9.59 Å². The van der Waals surface area contributed by atoms with Gasteiger partial charge in [-0.1, -0.05) is 129 Å². The molecule has 35 heavy (non-hydrogen) atoms. The molecule has 0 radical (unpaired) electrons. The highest BCUT2D eigenvalue weighted by Crippen LogP contribution is 2.16. The molecular weight excluding hydrogens is 432 g/mol. The average molecular weight is 487 g/mol. The molecule has 1 aromatic rings. The molecule has 4 nitrogen and oxygen atoms in total. The van der Waals surface area contributed by atoms with E-state index in [2.05, 4.69) is 12.2 Å². The average Bonchev–Trinajstić information content (AvgIpc) is 2.85. The second-order valence-corrected chi connectivity index (χ2v) is 10.4. The molecular formula is C31H54N2O2. The number of rotatable bonds is 22. The first-order valence-electron chi connectivity index (χ1n) is 14.7. The lowest BCUT2D eigenvalue weighted by atomic mass is 10.0. The third-order valence-electron chi connectivity index (χ3n) is 6.81. The maximum Gasteiger partial charge on any atom is 0.253 e. The van der Waals surface area contributed by atoms with Crippen molar-refractivity contribution in [2.45, 2.75) is 135 Å². The fourth-order valence-electron chi connectivity index (χ4n) is 4.58. The Hall–Kier alpha value is -1.84. The first kappa shape index (κ1) is 31.2. The van der Waals surface area contributed by atoms with Gasteiger partial charge in [-0.2, -0.15) is 0 Å². The lowest BCUT2D eigenvalue weighted by Gasteiger charge is -2.11. The number of nitrogens with zero attached hydrogens (tertiary/aromatic N) is 1. The zero-order chi connectivity index (χ0) is 25.6. The Morgan fingerprint density at radius 1 is 0.657 bits per heavy atom. The molecule has 0 saturated carbocycles. The predicted octanol–water partition coefficient (Wildman–Crippen LogP) is 9.15. The molecule has 0 atom stereocenters. The van der Waals surface area contributed by atoms with Gasteiger partial charge in [0.25, 0.3) is 5.91 Å². The van der Waals surface area contributed by atoms with E-state index in [0.717, 1.165) is 12.8 Å². The number of carbonyl (C=O) groups excluding carboxylic acids is 2. The minimum Gasteiger partial charge on any atom is -0.345 e. The molecule has 0 aliphatic heterocycles. The van der Waals surface area contributed by atoms with Crippen molar-refractivity contribution in [3.05, 3.63) is 29.8 Å². The Balaban J connectivity index is 1.88. The van der Waals surface area contributed by atoms with E-state index in [0.29, 0.717) is 17.7 Å². The quantitative estimate of drug-likeness (QED) is 0.166. The largest absolute Gasteiger partial charge is 0.345 e. The number of hydrogen-bond donors (Lipinski definition) is 1. The van der Waals surface area contributed by atoms with E-state index in [-0.39, 0.29) is 11.8 Å². The zero-order valence-corrected chi connectivity index (χ0v) is 23.2. The summed E-state index contributed by atoms with van der Waals surface area (Å²) in [6.45, 7) is 2.28. The van der Waals surface area contributed by atoms with Gasteiger partial charge in [0.1, 0.15) is 0 Å². The first-order valence-corrected chi connectivity index (χ1v) is 14.7. The molecule has 2 amide bonds.